The van der Waals surface area contributed by atoms with Gasteiger partial charge in [-0.1, -0.05) is 20.8 Å². The Balaban J connectivity index is 1.74. The lowest BCUT2D eigenvalue weighted by Gasteiger charge is -2.18. The predicted octanol–water partition coefficient (Wildman–Crippen LogP) is 4.72. The van der Waals surface area contributed by atoms with Crippen LogP contribution < -0.4 is 5.32 Å². The number of hydrogen-bond acceptors (Lipinski definition) is 5. The van der Waals surface area contributed by atoms with Crippen molar-refractivity contribution in [1.29, 1.82) is 0 Å². The Morgan fingerprint density at radius 2 is 1.93 bits per heavy atom. The van der Waals surface area contributed by atoms with Crippen molar-refractivity contribution in [3.63, 3.8) is 0 Å². The molecule has 0 radical (unpaired) electrons. The van der Waals surface area contributed by atoms with E-state index in [-0.39, 0.29) is 5.41 Å². The van der Waals surface area contributed by atoms with Gasteiger partial charge in [-0.05, 0) is 38.3 Å². The third-order valence-corrected chi connectivity index (χ3v) is 4.71. The molecule has 7 nitrogen and oxygen atoms in total. The van der Waals surface area contributed by atoms with Crippen LogP contribution >= 0.6 is 0 Å². The monoisotopic (exact) mass is 377 g/mol. The molecule has 0 amide bonds. The van der Waals surface area contributed by atoms with Crippen molar-refractivity contribution in [2.45, 2.75) is 47.6 Å². The van der Waals surface area contributed by atoms with Crippen molar-refractivity contribution in [1.82, 2.24) is 29.5 Å². The third-order valence-electron chi connectivity index (χ3n) is 4.71. The van der Waals surface area contributed by atoms with Gasteiger partial charge in [-0.3, -0.25) is 0 Å². The summed E-state index contributed by atoms with van der Waals surface area (Å²) in [7, 11) is 0. The van der Waals surface area contributed by atoms with Gasteiger partial charge in [0, 0.05) is 35.9 Å². The Bertz CT molecular complexity index is 1140. The van der Waals surface area contributed by atoms with Gasteiger partial charge in [0.2, 0.25) is 5.95 Å². The van der Waals surface area contributed by atoms with E-state index in [4.69, 9.17) is 4.98 Å². The molecule has 0 saturated carbocycles. The van der Waals surface area contributed by atoms with Crippen molar-refractivity contribution < 1.29 is 0 Å². The van der Waals surface area contributed by atoms with Gasteiger partial charge in [-0.15, -0.1) is 0 Å². The maximum absolute atomic E-state index is 4.91. The molecule has 0 unspecified atom stereocenters. The summed E-state index contributed by atoms with van der Waals surface area (Å²) in [5, 5.41) is 4.26. The number of pyridine rings is 1. The van der Waals surface area contributed by atoms with Gasteiger partial charge in [0.15, 0.2) is 5.65 Å². The minimum atomic E-state index is 0.163. The van der Waals surface area contributed by atoms with E-state index in [1.807, 2.05) is 31.5 Å². The molecule has 0 atom stereocenters. The first-order valence-corrected chi connectivity index (χ1v) is 9.67. The summed E-state index contributed by atoms with van der Waals surface area (Å²) in [5.41, 5.74) is 4.67. The van der Waals surface area contributed by atoms with E-state index in [2.05, 4.69) is 64.4 Å². The fourth-order valence-corrected chi connectivity index (χ4v) is 3.40. The van der Waals surface area contributed by atoms with Crippen LogP contribution in [0.15, 0.2) is 24.5 Å². The number of aromatic nitrogens is 6. The van der Waals surface area contributed by atoms with E-state index in [1.165, 1.54) is 0 Å². The van der Waals surface area contributed by atoms with Gasteiger partial charge in [0.25, 0.3) is 0 Å². The first-order valence-electron chi connectivity index (χ1n) is 9.67. The van der Waals surface area contributed by atoms with E-state index in [1.54, 1.807) is 0 Å². The quantitative estimate of drug-likeness (QED) is 0.538. The largest absolute Gasteiger partial charge is 0.354 e. The Morgan fingerprint density at radius 3 is 2.64 bits per heavy atom. The summed E-state index contributed by atoms with van der Waals surface area (Å²) in [6.07, 6.45) is 3.81. The highest BCUT2D eigenvalue weighted by atomic mass is 15.1. The van der Waals surface area contributed by atoms with Crippen LogP contribution in [0, 0.1) is 12.3 Å². The van der Waals surface area contributed by atoms with E-state index in [0.717, 1.165) is 45.8 Å². The summed E-state index contributed by atoms with van der Waals surface area (Å²) in [6.45, 7) is 13.7. The van der Waals surface area contributed by atoms with Crippen LogP contribution in [0.3, 0.4) is 0 Å². The molecule has 0 aliphatic carbocycles. The molecule has 0 aliphatic rings. The zero-order valence-corrected chi connectivity index (χ0v) is 17.3. The van der Waals surface area contributed by atoms with Crippen molar-refractivity contribution in [3.05, 3.63) is 30.4 Å². The van der Waals surface area contributed by atoms with E-state index in [9.17, 15) is 0 Å². The van der Waals surface area contributed by atoms with Crippen LogP contribution in [-0.4, -0.2) is 36.0 Å². The van der Waals surface area contributed by atoms with Crippen LogP contribution in [0.4, 0.5) is 5.95 Å². The van der Waals surface area contributed by atoms with Crippen molar-refractivity contribution in [3.8, 4) is 11.3 Å². The Labute approximate surface area is 164 Å². The maximum Gasteiger partial charge on any atom is 0.224 e. The molecule has 0 saturated heterocycles. The van der Waals surface area contributed by atoms with Crippen LogP contribution in [-0.2, 0) is 0 Å². The van der Waals surface area contributed by atoms with Crippen molar-refractivity contribution >= 4 is 28.1 Å². The van der Waals surface area contributed by atoms with Crippen LogP contribution in [0.2, 0.25) is 0 Å². The average molecular weight is 377 g/mol. The smallest absolute Gasteiger partial charge is 0.224 e. The van der Waals surface area contributed by atoms with E-state index >= 15 is 0 Å². The molecule has 4 aromatic rings. The number of nitrogens with zero attached hydrogens (tertiary/aromatic N) is 5. The molecule has 0 fully saturated rings. The van der Waals surface area contributed by atoms with Crippen LogP contribution in [0.25, 0.3) is 33.5 Å². The molecule has 4 rings (SSSR count). The zero-order chi connectivity index (χ0) is 20.1. The Kier molecular flexibility index (Phi) is 4.33. The minimum absolute atomic E-state index is 0.163. The maximum atomic E-state index is 4.91. The van der Waals surface area contributed by atoms with Crippen LogP contribution in [0.5, 0.6) is 0 Å². The van der Waals surface area contributed by atoms with Gasteiger partial charge in [0.05, 0.1) is 5.69 Å². The average Bonchev–Trinajstić information content (AvgIpc) is 3.18. The highest BCUT2D eigenvalue weighted by Crippen LogP contribution is 2.29. The second-order valence-electron chi connectivity index (χ2n) is 8.73. The Hall–Kier alpha value is -2.96. The van der Waals surface area contributed by atoms with Crippen LogP contribution in [0.1, 0.15) is 46.5 Å². The molecule has 146 valence electrons. The third kappa shape index (κ3) is 3.32. The summed E-state index contributed by atoms with van der Waals surface area (Å²) < 4.78 is 2.17. The van der Waals surface area contributed by atoms with E-state index < -0.39 is 0 Å². The van der Waals surface area contributed by atoms with Gasteiger partial charge in [0.1, 0.15) is 17.0 Å². The number of hydrogen-bond donors (Lipinski definition) is 2. The molecule has 4 aromatic heterocycles. The number of aromatic amines is 1. The number of imidazole rings is 1. The lowest BCUT2D eigenvalue weighted by atomic mass is 9.97. The predicted molar refractivity (Wildman–Crippen MR) is 113 cm³/mol. The molecular weight excluding hydrogens is 350 g/mol. The Morgan fingerprint density at radius 1 is 1.14 bits per heavy atom. The molecule has 0 aliphatic heterocycles. The second-order valence-corrected chi connectivity index (χ2v) is 8.73. The first-order chi connectivity index (χ1) is 13.2. The lowest BCUT2D eigenvalue weighted by Crippen LogP contribution is -2.20. The molecular formula is C21H27N7. The SMILES string of the molecule is Cc1nc2ccc(-c3c[nH]c4nc(NCC(C)(C)C)ncc34)nc2n1C(C)C. The van der Waals surface area contributed by atoms with Gasteiger partial charge in [-0.25, -0.2) is 15.0 Å². The summed E-state index contributed by atoms with van der Waals surface area (Å²) in [4.78, 5) is 21.9. The van der Waals surface area contributed by atoms with Crippen molar-refractivity contribution in [2.75, 3.05) is 11.9 Å². The molecule has 0 aromatic carbocycles. The number of aryl methyl sites for hydroxylation is 1. The van der Waals surface area contributed by atoms with Crippen molar-refractivity contribution in [2.24, 2.45) is 5.41 Å². The normalized spacial score (nSPS) is 12.4. The first kappa shape index (κ1) is 18.4. The molecule has 7 heteroatoms. The minimum Gasteiger partial charge on any atom is -0.354 e. The van der Waals surface area contributed by atoms with E-state index in [0.29, 0.717) is 12.0 Å². The zero-order valence-electron chi connectivity index (χ0n) is 17.3. The topological polar surface area (TPSA) is 84.3 Å². The van der Waals surface area contributed by atoms with Gasteiger partial charge in [-0.2, -0.15) is 4.98 Å². The summed E-state index contributed by atoms with van der Waals surface area (Å²) >= 11 is 0. The number of nitrogens with one attached hydrogen (secondary N) is 2. The molecule has 0 spiro atoms. The second kappa shape index (κ2) is 6.58. The molecule has 0 bridgehead atoms. The highest BCUT2D eigenvalue weighted by molar-refractivity contribution is 5.93. The van der Waals surface area contributed by atoms with Gasteiger partial charge < -0.3 is 14.9 Å². The highest BCUT2D eigenvalue weighted by Gasteiger charge is 2.16. The standard InChI is InChI=1S/C21H27N7/c1-12(2)28-13(3)25-17-8-7-16(26-19(17)28)14-9-22-18-15(14)10-23-20(27-18)24-11-21(4,5)6/h7-10,12H,11H2,1-6H3,(H2,22,23,24,27). The number of fused-ring (bicyclic) bond motifs is 2. The molecule has 28 heavy (non-hydrogen) atoms. The fourth-order valence-electron chi connectivity index (χ4n) is 3.40. The molecule has 4 heterocycles. The lowest BCUT2D eigenvalue weighted by molar-refractivity contribution is 0.442. The number of H-pyrrole nitrogens is 1. The fraction of sp³-hybridized carbons (Fsp3) is 0.429. The number of anilines is 1. The molecule has 2 N–H and O–H groups in total. The van der Waals surface area contributed by atoms with Gasteiger partial charge >= 0.3 is 0 Å². The summed E-state index contributed by atoms with van der Waals surface area (Å²) in [6, 6.07) is 4.34. The number of rotatable bonds is 4. The summed E-state index contributed by atoms with van der Waals surface area (Å²) in [5.74, 6) is 1.61.